The average molecular weight is 521 g/mol. The number of amides is 1. The fourth-order valence-corrected chi connectivity index (χ4v) is 4.63. The third kappa shape index (κ3) is 6.02. The number of rotatable bonds is 7. The van der Waals surface area contributed by atoms with E-state index in [2.05, 4.69) is 15.5 Å². The van der Waals surface area contributed by atoms with Gasteiger partial charge in [-0.05, 0) is 48.0 Å². The first-order valence-corrected chi connectivity index (χ1v) is 12.2. The number of anilines is 1. The molecule has 1 N–H and O–H groups in total. The number of aromatic nitrogens is 2. The average Bonchev–Trinajstić information content (AvgIpc) is 3.28. The highest BCUT2D eigenvalue weighted by atomic mass is 35.5. The number of carbonyl (C=O) groups excluding carboxylic acids is 2. The molecule has 0 saturated heterocycles. The van der Waals surface area contributed by atoms with E-state index in [1.165, 1.54) is 43.3 Å². The van der Waals surface area contributed by atoms with Crippen molar-refractivity contribution in [1.29, 1.82) is 5.26 Å². The Morgan fingerprint density at radius 3 is 2.56 bits per heavy atom. The van der Waals surface area contributed by atoms with Gasteiger partial charge in [0.2, 0.25) is 19.3 Å². The largest absolute Gasteiger partial charge is 0.421 e. The van der Waals surface area contributed by atoms with E-state index in [-0.39, 0.29) is 37.1 Å². The zero-order valence-electron chi connectivity index (χ0n) is 17.3. The lowest BCUT2D eigenvalue weighted by molar-refractivity contribution is -0.112. The summed E-state index contributed by atoms with van der Waals surface area (Å²) in [7, 11) is -3.58. The molecule has 3 aromatic rings. The predicted molar refractivity (Wildman–Crippen MR) is 123 cm³/mol. The molecular weight excluding hydrogens is 507 g/mol. The molecule has 1 aromatic heterocycles. The molecule has 0 fully saturated rings. The smallest absolute Gasteiger partial charge is 0.343 e. The molecule has 0 aliphatic carbocycles. The van der Waals surface area contributed by atoms with E-state index in [0.717, 1.165) is 12.1 Å². The number of esters is 1. The maximum absolute atomic E-state index is 13.0. The lowest BCUT2D eigenvalue weighted by Crippen LogP contribution is -2.13. The zero-order valence-corrected chi connectivity index (χ0v) is 19.7. The number of nitrogens with one attached hydrogen (secondary N) is 1. The summed E-state index contributed by atoms with van der Waals surface area (Å²) in [6, 6.07) is 10.7. The molecule has 13 heteroatoms. The molecule has 0 spiro atoms. The van der Waals surface area contributed by atoms with Crippen molar-refractivity contribution in [3.05, 3.63) is 70.0 Å². The predicted octanol–water partition coefficient (Wildman–Crippen LogP) is 3.89. The summed E-state index contributed by atoms with van der Waals surface area (Å²) >= 11 is 6.82. The molecule has 1 heterocycles. The summed E-state index contributed by atoms with van der Waals surface area (Å²) in [5, 5.41) is 18.8. The summed E-state index contributed by atoms with van der Waals surface area (Å²) < 4.78 is 41.6. The van der Waals surface area contributed by atoms with Crippen LogP contribution in [0.5, 0.6) is 5.75 Å². The highest BCUT2D eigenvalue weighted by molar-refractivity contribution is 7.93. The van der Waals surface area contributed by atoms with Crippen molar-refractivity contribution in [1.82, 2.24) is 10.2 Å². The number of hydrogen-bond donors (Lipinski definition) is 1. The molecule has 0 aliphatic rings. The van der Waals surface area contributed by atoms with E-state index in [9.17, 15) is 27.7 Å². The molecule has 9 nitrogen and oxygen atoms in total. The first-order valence-electron chi connectivity index (χ1n) is 9.39. The van der Waals surface area contributed by atoms with Crippen LogP contribution in [0.2, 0.25) is 5.02 Å². The minimum Gasteiger partial charge on any atom is -0.421 e. The Labute approximate surface area is 202 Å². The summed E-state index contributed by atoms with van der Waals surface area (Å²) in [5.41, 5.74) is 0.156. The number of nitriles is 1. The minimum atomic E-state index is -3.58. The van der Waals surface area contributed by atoms with Gasteiger partial charge in [-0.25, -0.2) is 17.6 Å². The lowest BCUT2D eigenvalue weighted by atomic mass is 10.1. The van der Waals surface area contributed by atoms with Crippen LogP contribution in [-0.2, 0) is 14.6 Å². The Hall–Kier alpha value is -3.66. The van der Waals surface area contributed by atoms with Gasteiger partial charge in [-0.15, -0.1) is 10.2 Å². The topological polar surface area (TPSA) is 139 Å². The van der Waals surface area contributed by atoms with E-state index < -0.39 is 27.5 Å². The van der Waals surface area contributed by atoms with Gasteiger partial charge in [-0.3, -0.25) is 10.1 Å². The second-order valence-electron chi connectivity index (χ2n) is 6.49. The van der Waals surface area contributed by atoms with Gasteiger partial charge in [-0.2, -0.15) is 5.26 Å². The van der Waals surface area contributed by atoms with Crippen LogP contribution in [-0.4, -0.2) is 36.2 Å². The van der Waals surface area contributed by atoms with Crippen molar-refractivity contribution < 1.29 is 27.1 Å². The van der Waals surface area contributed by atoms with Crippen LogP contribution < -0.4 is 10.1 Å². The van der Waals surface area contributed by atoms with Gasteiger partial charge in [-0.1, -0.05) is 35.9 Å². The highest BCUT2D eigenvalue weighted by Gasteiger charge is 2.20. The Morgan fingerprint density at radius 1 is 1.24 bits per heavy atom. The maximum Gasteiger partial charge on any atom is 0.343 e. The number of nitrogens with zero attached hydrogens (tertiary/aromatic N) is 3. The first-order chi connectivity index (χ1) is 16.1. The van der Waals surface area contributed by atoms with Crippen LogP contribution in [0.15, 0.2) is 52.4 Å². The molecule has 0 unspecified atom stereocenters. The molecule has 0 bridgehead atoms. The van der Waals surface area contributed by atoms with Crippen molar-refractivity contribution in [3.63, 3.8) is 0 Å². The number of ether oxygens (including phenoxy) is 1. The quantitative estimate of drug-likeness (QED) is 0.163. The molecule has 0 saturated carbocycles. The molecule has 2 aromatic carbocycles. The van der Waals surface area contributed by atoms with Gasteiger partial charge in [0, 0.05) is 0 Å². The molecular formula is C21H14ClFN4O5S2. The fourth-order valence-electron chi connectivity index (χ4n) is 2.42. The molecule has 34 heavy (non-hydrogen) atoms. The summed E-state index contributed by atoms with van der Waals surface area (Å²) in [6.07, 6.45) is 1.23. The minimum absolute atomic E-state index is 0.0228. The Bertz CT molecular complexity index is 1430. The van der Waals surface area contributed by atoms with Gasteiger partial charge >= 0.3 is 5.97 Å². The Kier molecular flexibility index (Phi) is 7.72. The second-order valence-corrected chi connectivity index (χ2v) is 10.3. The Balaban J connectivity index is 1.74. The van der Waals surface area contributed by atoms with E-state index in [1.807, 2.05) is 0 Å². The molecule has 0 aliphatic heterocycles. The lowest BCUT2D eigenvalue weighted by Gasteiger charge is -2.07. The third-order valence-electron chi connectivity index (χ3n) is 4.19. The molecule has 1 amide bonds. The standard InChI is InChI=1S/C21H14ClFN4O5S2/c1-2-34(30,31)21-27-26-20(33-21)25-18(28)14(11-24)9-12-3-8-17(16(22)10-12)32-19(29)13-4-6-15(23)7-5-13/h3-10H,2H2,1H3,(H,25,26,28)/b14-9-. The van der Waals surface area contributed by atoms with Crippen LogP contribution in [0.1, 0.15) is 22.8 Å². The van der Waals surface area contributed by atoms with Crippen LogP contribution in [0.4, 0.5) is 9.52 Å². The van der Waals surface area contributed by atoms with E-state index >= 15 is 0 Å². The van der Waals surface area contributed by atoms with Crippen molar-refractivity contribution in [2.75, 3.05) is 11.1 Å². The molecule has 174 valence electrons. The van der Waals surface area contributed by atoms with E-state index in [4.69, 9.17) is 16.3 Å². The first kappa shape index (κ1) is 25.0. The third-order valence-corrected chi connectivity index (χ3v) is 7.50. The van der Waals surface area contributed by atoms with E-state index in [0.29, 0.717) is 16.9 Å². The van der Waals surface area contributed by atoms with Gasteiger partial charge in [0.05, 0.1) is 16.3 Å². The SMILES string of the molecule is CCS(=O)(=O)c1nnc(NC(=O)/C(C#N)=C\c2ccc(OC(=O)c3ccc(F)cc3)c(Cl)c2)s1. The Morgan fingerprint density at radius 2 is 1.94 bits per heavy atom. The summed E-state index contributed by atoms with van der Waals surface area (Å²) in [5.74, 6) is -2.23. The number of sulfone groups is 1. The van der Waals surface area contributed by atoms with Crippen LogP contribution in [0, 0.1) is 17.1 Å². The van der Waals surface area contributed by atoms with Gasteiger partial charge in [0.25, 0.3) is 5.91 Å². The van der Waals surface area contributed by atoms with Crippen molar-refractivity contribution in [3.8, 4) is 11.8 Å². The van der Waals surface area contributed by atoms with Crippen molar-refractivity contribution >= 4 is 55.9 Å². The van der Waals surface area contributed by atoms with Crippen LogP contribution in [0.25, 0.3) is 6.08 Å². The van der Waals surface area contributed by atoms with Crippen LogP contribution >= 0.6 is 22.9 Å². The van der Waals surface area contributed by atoms with Gasteiger partial charge < -0.3 is 4.74 Å². The maximum atomic E-state index is 13.0. The summed E-state index contributed by atoms with van der Waals surface area (Å²) in [6.45, 7) is 1.45. The van der Waals surface area contributed by atoms with Crippen molar-refractivity contribution in [2.45, 2.75) is 11.3 Å². The van der Waals surface area contributed by atoms with Crippen LogP contribution in [0.3, 0.4) is 0 Å². The highest BCUT2D eigenvalue weighted by Crippen LogP contribution is 2.28. The zero-order chi connectivity index (χ0) is 24.9. The second kappa shape index (κ2) is 10.5. The number of halogens is 2. The monoisotopic (exact) mass is 520 g/mol. The molecule has 0 radical (unpaired) electrons. The van der Waals surface area contributed by atoms with Crippen molar-refractivity contribution in [2.24, 2.45) is 0 Å². The van der Waals surface area contributed by atoms with E-state index in [1.54, 1.807) is 6.07 Å². The number of hydrogen-bond acceptors (Lipinski definition) is 9. The molecule has 3 rings (SSSR count). The van der Waals surface area contributed by atoms with Gasteiger partial charge in [0.15, 0.2) is 0 Å². The summed E-state index contributed by atoms with van der Waals surface area (Å²) in [4.78, 5) is 24.6. The molecule has 0 atom stereocenters. The number of benzene rings is 2. The fraction of sp³-hybridized carbons (Fsp3) is 0.0952. The van der Waals surface area contributed by atoms with Gasteiger partial charge in [0.1, 0.15) is 23.2 Å². The number of carbonyl (C=O) groups is 2. The normalized spacial score (nSPS) is 11.5.